The van der Waals surface area contributed by atoms with Gasteiger partial charge in [-0.1, -0.05) is 84.0 Å². The maximum atomic E-state index is 10.3. The summed E-state index contributed by atoms with van der Waals surface area (Å²) in [6.45, 7) is 2.74. The van der Waals surface area contributed by atoms with Crippen molar-refractivity contribution in [3.63, 3.8) is 0 Å². The van der Waals surface area contributed by atoms with Crippen LogP contribution in [0.25, 0.3) is 0 Å². The summed E-state index contributed by atoms with van der Waals surface area (Å²) in [6.07, 6.45) is 16.5. The highest BCUT2D eigenvalue weighted by molar-refractivity contribution is 5.64. The van der Waals surface area contributed by atoms with Crippen molar-refractivity contribution in [1.29, 1.82) is 0 Å². The van der Waals surface area contributed by atoms with Crippen LogP contribution in [-0.2, 0) is 4.74 Å². The molecule has 0 aromatic rings. The van der Waals surface area contributed by atoms with Gasteiger partial charge in [0.05, 0.1) is 6.61 Å². The Kier molecular flexibility index (Phi) is 14.7. The Bertz CT molecular complexity index is 195. The van der Waals surface area contributed by atoms with Gasteiger partial charge in [-0.05, 0) is 6.42 Å². The molecule has 3 heteroatoms. The Balaban J connectivity index is 2.93. The molecule has 19 heavy (non-hydrogen) atoms. The van der Waals surface area contributed by atoms with Crippen LogP contribution in [0.15, 0.2) is 0 Å². The van der Waals surface area contributed by atoms with Gasteiger partial charge >= 0.3 is 6.09 Å². The Hall–Kier alpha value is -0.730. The number of rotatable bonds is 14. The Labute approximate surface area is 119 Å². The smallest absolute Gasteiger partial charge is 0.404 e. The summed E-state index contributed by atoms with van der Waals surface area (Å²) in [4.78, 5) is 10.3. The SMILES string of the molecule is CCCCCCCCCCCCCCCOC(N)=O. The standard InChI is InChI=1S/C16H33NO2/c1-2-3-4-5-6-7-8-9-10-11-12-13-14-15-19-16(17)18/h2-15H2,1H3,(H2,17,18). The molecule has 0 unspecified atom stereocenters. The van der Waals surface area contributed by atoms with Gasteiger partial charge in [0.2, 0.25) is 0 Å². The van der Waals surface area contributed by atoms with Crippen LogP contribution >= 0.6 is 0 Å². The second kappa shape index (κ2) is 15.3. The molecule has 114 valence electrons. The molecule has 0 heterocycles. The maximum absolute atomic E-state index is 10.3. The van der Waals surface area contributed by atoms with Crippen LogP contribution in [0.4, 0.5) is 4.79 Å². The van der Waals surface area contributed by atoms with Crippen molar-refractivity contribution in [1.82, 2.24) is 0 Å². The largest absolute Gasteiger partial charge is 0.450 e. The number of nitrogens with two attached hydrogens (primary N) is 1. The van der Waals surface area contributed by atoms with Crippen LogP contribution in [0, 0.1) is 0 Å². The summed E-state index contributed by atoms with van der Waals surface area (Å²) in [7, 11) is 0. The first kappa shape index (κ1) is 18.3. The first-order valence-electron chi connectivity index (χ1n) is 8.19. The summed E-state index contributed by atoms with van der Waals surface area (Å²) in [5.41, 5.74) is 4.88. The van der Waals surface area contributed by atoms with E-state index in [-0.39, 0.29) is 0 Å². The molecule has 0 saturated carbocycles. The van der Waals surface area contributed by atoms with E-state index in [2.05, 4.69) is 11.7 Å². The molecule has 0 spiro atoms. The minimum Gasteiger partial charge on any atom is -0.450 e. The highest BCUT2D eigenvalue weighted by Gasteiger charge is 1.95. The Morgan fingerprint density at radius 3 is 1.47 bits per heavy atom. The fraction of sp³-hybridized carbons (Fsp3) is 0.938. The van der Waals surface area contributed by atoms with Gasteiger partial charge in [-0.25, -0.2) is 4.79 Å². The van der Waals surface area contributed by atoms with E-state index in [9.17, 15) is 4.79 Å². The number of carbonyl (C=O) groups excluding carboxylic acids is 1. The van der Waals surface area contributed by atoms with Gasteiger partial charge in [-0.2, -0.15) is 0 Å². The van der Waals surface area contributed by atoms with Crippen LogP contribution in [0.3, 0.4) is 0 Å². The van der Waals surface area contributed by atoms with E-state index in [1.807, 2.05) is 0 Å². The maximum Gasteiger partial charge on any atom is 0.404 e. The molecule has 0 aliphatic heterocycles. The van der Waals surface area contributed by atoms with E-state index in [4.69, 9.17) is 5.73 Å². The number of primary amides is 1. The Morgan fingerprint density at radius 1 is 0.737 bits per heavy atom. The van der Waals surface area contributed by atoms with Crippen molar-refractivity contribution in [3.8, 4) is 0 Å². The molecule has 0 rings (SSSR count). The molecular formula is C16H33NO2. The fourth-order valence-electron chi connectivity index (χ4n) is 2.29. The van der Waals surface area contributed by atoms with E-state index in [0.717, 1.165) is 12.8 Å². The van der Waals surface area contributed by atoms with Gasteiger partial charge in [-0.3, -0.25) is 0 Å². The number of amides is 1. The van der Waals surface area contributed by atoms with E-state index in [1.54, 1.807) is 0 Å². The van der Waals surface area contributed by atoms with E-state index >= 15 is 0 Å². The first-order valence-corrected chi connectivity index (χ1v) is 8.19. The molecule has 0 aromatic carbocycles. The lowest BCUT2D eigenvalue weighted by molar-refractivity contribution is 0.154. The molecule has 0 bridgehead atoms. The number of carbonyl (C=O) groups is 1. The van der Waals surface area contributed by atoms with E-state index in [1.165, 1.54) is 70.6 Å². The number of ether oxygens (including phenoxy) is 1. The van der Waals surface area contributed by atoms with Crippen LogP contribution in [0.1, 0.15) is 90.4 Å². The first-order chi connectivity index (χ1) is 9.27. The summed E-state index contributed by atoms with van der Waals surface area (Å²) >= 11 is 0. The lowest BCUT2D eigenvalue weighted by Gasteiger charge is -2.03. The third kappa shape index (κ3) is 17.3. The quantitative estimate of drug-likeness (QED) is 0.443. The summed E-state index contributed by atoms with van der Waals surface area (Å²) < 4.78 is 4.68. The van der Waals surface area contributed by atoms with Crippen LogP contribution in [-0.4, -0.2) is 12.7 Å². The zero-order valence-corrected chi connectivity index (χ0v) is 12.8. The topological polar surface area (TPSA) is 52.3 Å². The van der Waals surface area contributed by atoms with Crippen molar-refractivity contribution < 1.29 is 9.53 Å². The predicted molar refractivity (Wildman–Crippen MR) is 81.2 cm³/mol. The minimum absolute atomic E-state index is 0.479. The monoisotopic (exact) mass is 271 g/mol. The summed E-state index contributed by atoms with van der Waals surface area (Å²) in [6, 6.07) is 0. The second-order valence-corrected chi connectivity index (χ2v) is 5.41. The molecule has 0 aromatic heterocycles. The van der Waals surface area contributed by atoms with Gasteiger partial charge in [0.1, 0.15) is 0 Å². The minimum atomic E-state index is -0.654. The third-order valence-corrected chi connectivity index (χ3v) is 3.49. The summed E-state index contributed by atoms with van der Waals surface area (Å²) in [5, 5.41) is 0. The molecule has 0 radical (unpaired) electrons. The van der Waals surface area contributed by atoms with Gasteiger partial charge in [0.15, 0.2) is 0 Å². The van der Waals surface area contributed by atoms with Crippen LogP contribution in [0.5, 0.6) is 0 Å². The van der Waals surface area contributed by atoms with Crippen molar-refractivity contribution in [2.75, 3.05) is 6.61 Å². The molecule has 1 amide bonds. The van der Waals surface area contributed by atoms with Crippen molar-refractivity contribution >= 4 is 6.09 Å². The third-order valence-electron chi connectivity index (χ3n) is 3.49. The average molecular weight is 271 g/mol. The van der Waals surface area contributed by atoms with Gasteiger partial charge in [-0.15, -0.1) is 0 Å². The normalized spacial score (nSPS) is 10.6. The molecule has 3 nitrogen and oxygen atoms in total. The number of hydrogen-bond acceptors (Lipinski definition) is 2. The molecule has 0 fully saturated rings. The molecule has 0 aliphatic rings. The zero-order chi connectivity index (χ0) is 14.2. The van der Waals surface area contributed by atoms with Crippen LogP contribution < -0.4 is 5.73 Å². The number of hydrogen-bond donors (Lipinski definition) is 1. The van der Waals surface area contributed by atoms with Gasteiger partial charge < -0.3 is 10.5 Å². The van der Waals surface area contributed by atoms with Crippen molar-refractivity contribution in [2.45, 2.75) is 90.4 Å². The van der Waals surface area contributed by atoms with Crippen molar-refractivity contribution in [3.05, 3.63) is 0 Å². The molecular weight excluding hydrogens is 238 g/mol. The lowest BCUT2D eigenvalue weighted by atomic mass is 10.0. The lowest BCUT2D eigenvalue weighted by Crippen LogP contribution is -2.13. The van der Waals surface area contributed by atoms with E-state index < -0.39 is 6.09 Å². The van der Waals surface area contributed by atoms with Crippen LogP contribution in [0.2, 0.25) is 0 Å². The average Bonchev–Trinajstić information content (AvgIpc) is 2.39. The highest BCUT2D eigenvalue weighted by atomic mass is 16.5. The van der Waals surface area contributed by atoms with Gasteiger partial charge in [0.25, 0.3) is 0 Å². The molecule has 0 aliphatic carbocycles. The Morgan fingerprint density at radius 2 is 1.11 bits per heavy atom. The van der Waals surface area contributed by atoms with E-state index in [0.29, 0.717) is 6.61 Å². The second-order valence-electron chi connectivity index (χ2n) is 5.41. The van der Waals surface area contributed by atoms with Gasteiger partial charge in [0, 0.05) is 0 Å². The highest BCUT2D eigenvalue weighted by Crippen LogP contribution is 2.12. The van der Waals surface area contributed by atoms with Crippen molar-refractivity contribution in [2.24, 2.45) is 5.73 Å². The number of unbranched alkanes of at least 4 members (excludes halogenated alkanes) is 12. The molecule has 2 N–H and O–H groups in total. The molecule has 0 atom stereocenters. The molecule has 0 saturated heterocycles. The fourth-order valence-corrected chi connectivity index (χ4v) is 2.29. The zero-order valence-electron chi connectivity index (χ0n) is 12.8. The summed E-state index contributed by atoms with van der Waals surface area (Å²) in [5.74, 6) is 0. The predicted octanol–water partition coefficient (Wildman–Crippen LogP) is 5.17.